The molecule has 0 amide bonds. The maximum absolute atomic E-state index is 12.5. The van der Waals surface area contributed by atoms with Gasteiger partial charge in [-0.25, -0.2) is 4.98 Å². The maximum Gasteiger partial charge on any atom is 0.258 e. The molecule has 2 aromatic heterocycles. The van der Waals surface area contributed by atoms with E-state index < -0.39 is 0 Å². The highest BCUT2D eigenvalue weighted by atomic mass is 16.5. The third-order valence-corrected chi connectivity index (χ3v) is 5.76. The lowest BCUT2D eigenvalue weighted by Gasteiger charge is -2.25. The van der Waals surface area contributed by atoms with E-state index in [1.807, 2.05) is 25.1 Å². The molecule has 0 radical (unpaired) electrons. The SMILES string of the molecule is Cc1ccn2c(=O)cc(CN3CCCC3c3ccc4c(c3)OCCCO4)nc2c1. The predicted octanol–water partition coefficient (Wildman–Crippen LogP) is 3.50. The van der Waals surface area contributed by atoms with E-state index in [1.165, 1.54) is 5.56 Å². The summed E-state index contributed by atoms with van der Waals surface area (Å²) in [6.07, 6.45) is 4.92. The zero-order valence-electron chi connectivity index (χ0n) is 16.6. The number of hydrogen-bond acceptors (Lipinski definition) is 5. The van der Waals surface area contributed by atoms with Crippen molar-refractivity contribution in [3.8, 4) is 11.5 Å². The molecule has 0 bridgehead atoms. The summed E-state index contributed by atoms with van der Waals surface area (Å²) in [6.45, 7) is 5.06. The first kappa shape index (κ1) is 18.2. The summed E-state index contributed by atoms with van der Waals surface area (Å²) in [5.41, 5.74) is 3.83. The second-order valence-corrected chi connectivity index (χ2v) is 7.90. The lowest BCUT2D eigenvalue weighted by Crippen LogP contribution is -2.25. The van der Waals surface area contributed by atoms with Crippen molar-refractivity contribution in [1.29, 1.82) is 0 Å². The van der Waals surface area contributed by atoms with Gasteiger partial charge in [0.25, 0.3) is 5.56 Å². The van der Waals surface area contributed by atoms with Gasteiger partial charge in [0.15, 0.2) is 11.5 Å². The molecule has 150 valence electrons. The molecule has 1 atom stereocenters. The Balaban J connectivity index is 1.42. The first-order valence-corrected chi connectivity index (χ1v) is 10.3. The van der Waals surface area contributed by atoms with Crippen LogP contribution in [0.2, 0.25) is 0 Å². The van der Waals surface area contributed by atoms with Gasteiger partial charge in [0.2, 0.25) is 0 Å². The van der Waals surface area contributed by atoms with Crippen LogP contribution in [0.15, 0.2) is 47.4 Å². The first-order valence-electron chi connectivity index (χ1n) is 10.3. The minimum atomic E-state index is -0.0312. The summed E-state index contributed by atoms with van der Waals surface area (Å²) in [7, 11) is 0. The Morgan fingerprint density at radius 1 is 1.07 bits per heavy atom. The van der Waals surface area contributed by atoms with Crippen LogP contribution < -0.4 is 15.0 Å². The number of nitrogens with zero attached hydrogens (tertiary/aromatic N) is 3. The molecule has 1 unspecified atom stereocenters. The molecular formula is C23H25N3O3. The molecule has 2 aliphatic rings. The van der Waals surface area contributed by atoms with Gasteiger partial charge in [0, 0.05) is 31.3 Å². The Bertz CT molecular complexity index is 1110. The zero-order chi connectivity index (χ0) is 19.8. The molecule has 5 rings (SSSR count). The Kier molecular flexibility index (Phi) is 4.72. The largest absolute Gasteiger partial charge is 0.490 e. The van der Waals surface area contributed by atoms with E-state index in [4.69, 9.17) is 14.5 Å². The van der Waals surface area contributed by atoms with Gasteiger partial charge in [-0.3, -0.25) is 14.1 Å². The predicted molar refractivity (Wildman–Crippen MR) is 111 cm³/mol. The van der Waals surface area contributed by atoms with Crippen molar-refractivity contribution < 1.29 is 9.47 Å². The number of aromatic nitrogens is 2. The van der Waals surface area contributed by atoms with E-state index in [0.717, 1.165) is 48.6 Å². The molecule has 0 N–H and O–H groups in total. The monoisotopic (exact) mass is 391 g/mol. The average Bonchev–Trinajstić information content (AvgIpc) is 3.03. The Labute approximate surface area is 169 Å². The van der Waals surface area contributed by atoms with Crippen LogP contribution in [0.5, 0.6) is 11.5 Å². The molecule has 4 heterocycles. The maximum atomic E-state index is 12.5. The number of rotatable bonds is 3. The molecule has 1 saturated heterocycles. The van der Waals surface area contributed by atoms with Crippen LogP contribution in [-0.4, -0.2) is 34.0 Å². The van der Waals surface area contributed by atoms with Crippen molar-refractivity contribution in [1.82, 2.24) is 14.3 Å². The van der Waals surface area contributed by atoms with E-state index in [-0.39, 0.29) is 5.56 Å². The fourth-order valence-electron chi connectivity index (χ4n) is 4.32. The van der Waals surface area contributed by atoms with Crippen LogP contribution in [-0.2, 0) is 6.54 Å². The topological polar surface area (TPSA) is 56.1 Å². The second kappa shape index (κ2) is 7.52. The number of benzene rings is 1. The van der Waals surface area contributed by atoms with Gasteiger partial charge < -0.3 is 9.47 Å². The van der Waals surface area contributed by atoms with E-state index in [0.29, 0.717) is 31.4 Å². The van der Waals surface area contributed by atoms with E-state index in [2.05, 4.69) is 17.0 Å². The van der Waals surface area contributed by atoms with Crippen molar-refractivity contribution >= 4 is 5.65 Å². The molecule has 6 heteroatoms. The number of pyridine rings is 1. The van der Waals surface area contributed by atoms with E-state index in [9.17, 15) is 4.79 Å². The Morgan fingerprint density at radius 2 is 1.93 bits per heavy atom. The highest BCUT2D eigenvalue weighted by Crippen LogP contribution is 2.38. The molecule has 3 aromatic rings. The van der Waals surface area contributed by atoms with Crippen molar-refractivity contribution in [2.45, 2.75) is 38.8 Å². The third kappa shape index (κ3) is 3.60. The number of ether oxygens (including phenoxy) is 2. The summed E-state index contributed by atoms with van der Waals surface area (Å²) in [5.74, 6) is 1.67. The van der Waals surface area contributed by atoms with E-state index >= 15 is 0 Å². The van der Waals surface area contributed by atoms with Crippen LogP contribution in [0.3, 0.4) is 0 Å². The van der Waals surface area contributed by atoms with Gasteiger partial charge in [-0.05, 0) is 61.7 Å². The molecule has 0 spiro atoms. The second-order valence-electron chi connectivity index (χ2n) is 7.90. The van der Waals surface area contributed by atoms with Gasteiger partial charge in [-0.1, -0.05) is 6.07 Å². The molecule has 1 fully saturated rings. The fraction of sp³-hybridized carbons (Fsp3) is 0.391. The highest BCUT2D eigenvalue weighted by Gasteiger charge is 2.27. The number of fused-ring (bicyclic) bond motifs is 2. The van der Waals surface area contributed by atoms with Gasteiger partial charge in [-0.15, -0.1) is 0 Å². The van der Waals surface area contributed by atoms with Crippen LogP contribution in [0.1, 0.15) is 42.1 Å². The first-order chi connectivity index (χ1) is 14.2. The van der Waals surface area contributed by atoms with Gasteiger partial charge in [0.05, 0.1) is 18.9 Å². The number of likely N-dealkylation sites (tertiary alicyclic amines) is 1. The smallest absolute Gasteiger partial charge is 0.258 e. The average molecular weight is 391 g/mol. The lowest BCUT2D eigenvalue weighted by molar-refractivity contribution is 0.244. The summed E-state index contributed by atoms with van der Waals surface area (Å²) in [4.78, 5) is 19.7. The normalized spacial score (nSPS) is 19.4. The molecular weight excluding hydrogens is 366 g/mol. The zero-order valence-corrected chi connectivity index (χ0v) is 16.6. The standard InChI is InChI=1S/C23H25N3O3/c1-16-7-9-26-22(12-16)24-18(14-23(26)27)15-25-8-2-4-19(25)17-5-6-20-21(13-17)29-11-3-10-28-20/h5-7,9,12-14,19H,2-4,8,10-11,15H2,1H3. The Hall–Kier alpha value is -2.86. The third-order valence-electron chi connectivity index (χ3n) is 5.76. The van der Waals surface area contributed by atoms with Crippen LogP contribution in [0, 0.1) is 6.92 Å². The minimum Gasteiger partial charge on any atom is -0.490 e. The lowest BCUT2D eigenvalue weighted by atomic mass is 10.0. The summed E-state index contributed by atoms with van der Waals surface area (Å²) < 4.78 is 13.2. The molecule has 29 heavy (non-hydrogen) atoms. The van der Waals surface area contributed by atoms with Gasteiger partial charge in [0.1, 0.15) is 5.65 Å². The van der Waals surface area contributed by atoms with Crippen LogP contribution >= 0.6 is 0 Å². The minimum absolute atomic E-state index is 0.0312. The molecule has 0 saturated carbocycles. The number of aryl methyl sites for hydroxylation is 1. The van der Waals surface area contributed by atoms with Crippen molar-refractivity contribution in [3.63, 3.8) is 0 Å². The van der Waals surface area contributed by atoms with Gasteiger partial charge in [-0.2, -0.15) is 0 Å². The molecule has 0 aliphatic carbocycles. The molecule has 1 aromatic carbocycles. The van der Waals surface area contributed by atoms with Crippen LogP contribution in [0.25, 0.3) is 5.65 Å². The highest BCUT2D eigenvalue weighted by molar-refractivity contribution is 5.45. The van der Waals surface area contributed by atoms with Crippen LogP contribution in [0.4, 0.5) is 0 Å². The Morgan fingerprint density at radius 3 is 2.83 bits per heavy atom. The summed E-state index contributed by atoms with van der Waals surface area (Å²) >= 11 is 0. The van der Waals surface area contributed by atoms with Crippen molar-refractivity contribution in [2.75, 3.05) is 19.8 Å². The quantitative estimate of drug-likeness (QED) is 0.684. The van der Waals surface area contributed by atoms with Gasteiger partial charge >= 0.3 is 0 Å². The van der Waals surface area contributed by atoms with E-state index in [1.54, 1.807) is 16.7 Å². The van der Waals surface area contributed by atoms with Crippen molar-refractivity contribution in [3.05, 3.63) is 69.8 Å². The van der Waals surface area contributed by atoms with Crippen molar-refractivity contribution in [2.24, 2.45) is 0 Å². The molecule has 6 nitrogen and oxygen atoms in total. The summed E-state index contributed by atoms with van der Waals surface area (Å²) in [5, 5.41) is 0. The fourth-order valence-corrected chi connectivity index (χ4v) is 4.32. The summed E-state index contributed by atoms with van der Waals surface area (Å²) in [6, 6.07) is 12.1. The molecule has 2 aliphatic heterocycles. The number of hydrogen-bond donors (Lipinski definition) is 0.